The Labute approximate surface area is 135 Å². The van der Waals surface area contributed by atoms with Gasteiger partial charge in [0.1, 0.15) is 11.2 Å². The number of anilines is 1. The molecule has 5 rings (SSSR count). The van der Waals surface area contributed by atoms with Gasteiger partial charge in [-0.2, -0.15) is 0 Å². The Morgan fingerprint density at radius 1 is 1.24 bits per heavy atom. The molecular formula is C12H12N6S3. The van der Waals surface area contributed by atoms with Crippen molar-refractivity contribution in [1.82, 2.24) is 25.6 Å². The highest BCUT2D eigenvalue weighted by Gasteiger charge is 2.43. The molecule has 1 fully saturated rings. The van der Waals surface area contributed by atoms with Crippen molar-refractivity contribution in [2.24, 2.45) is 0 Å². The van der Waals surface area contributed by atoms with Gasteiger partial charge in [0.2, 0.25) is 10.7 Å². The smallest absolute Gasteiger partial charge is 0.239 e. The van der Waals surface area contributed by atoms with Crippen LogP contribution in [0.4, 0.5) is 5.95 Å². The molecule has 0 amide bonds. The molecule has 0 saturated carbocycles. The van der Waals surface area contributed by atoms with Crippen molar-refractivity contribution in [3.8, 4) is 5.00 Å². The van der Waals surface area contributed by atoms with Gasteiger partial charge in [0, 0.05) is 10.4 Å². The Hall–Kier alpha value is -1.29. The molecule has 1 unspecified atom stereocenters. The summed E-state index contributed by atoms with van der Waals surface area (Å²) in [5.74, 6) is 0.763. The number of fused-ring (bicyclic) bond motifs is 8. The predicted octanol–water partition coefficient (Wildman–Crippen LogP) is 2.08. The quantitative estimate of drug-likeness (QED) is 0.641. The van der Waals surface area contributed by atoms with Gasteiger partial charge in [0.15, 0.2) is 5.11 Å². The van der Waals surface area contributed by atoms with Crippen molar-refractivity contribution in [1.29, 1.82) is 0 Å². The van der Waals surface area contributed by atoms with Crippen LogP contribution in [0.25, 0.3) is 5.00 Å². The molecule has 3 aliphatic rings. The number of aromatic amines is 1. The number of nitrogens with zero attached hydrogens (tertiary/aromatic N) is 3. The van der Waals surface area contributed by atoms with Crippen LogP contribution < -0.4 is 15.8 Å². The molecule has 9 heteroatoms. The summed E-state index contributed by atoms with van der Waals surface area (Å²) in [5.41, 5.74) is 9.14. The summed E-state index contributed by atoms with van der Waals surface area (Å²) in [6.07, 6.45) is 4.85. The second-order valence-corrected chi connectivity index (χ2v) is 7.30. The minimum absolute atomic E-state index is 0.0169. The molecule has 1 atom stereocenters. The highest BCUT2D eigenvalue weighted by atomic mass is 32.1. The minimum Gasteiger partial charge on any atom is -0.295 e. The fraction of sp³-hybridized carbons (Fsp3) is 0.417. The first-order valence-corrected chi connectivity index (χ1v) is 8.56. The molecule has 0 aromatic carbocycles. The van der Waals surface area contributed by atoms with Crippen LogP contribution in [-0.2, 0) is 12.8 Å². The summed E-state index contributed by atoms with van der Waals surface area (Å²) in [6, 6.07) is 0. The maximum absolute atomic E-state index is 5.43. The second-order valence-electron chi connectivity index (χ2n) is 5.44. The first-order chi connectivity index (χ1) is 10.3. The van der Waals surface area contributed by atoms with Gasteiger partial charge in [0.25, 0.3) is 0 Å². The number of aryl methyl sites for hydroxylation is 1. The van der Waals surface area contributed by atoms with Crippen LogP contribution in [0.1, 0.15) is 35.0 Å². The lowest BCUT2D eigenvalue weighted by Gasteiger charge is -2.29. The van der Waals surface area contributed by atoms with Crippen LogP contribution in [0.3, 0.4) is 0 Å². The van der Waals surface area contributed by atoms with E-state index in [1.165, 1.54) is 33.8 Å². The van der Waals surface area contributed by atoms with Crippen LogP contribution in [0.5, 0.6) is 0 Å². The van der Waals surface area contributed by atoms with Crippen molar-refractivity contribution in [3.63, 3.8) is 0 Å². The molecule has 0 spiro atoms. The van der Waals surface area contributed by atoms with Gasteiger partial charge in [-0.05, 0) is 55.7 Å². The monoisotopic (exact) mass is 336 g/mol. The van der Waals surface area contributed by atoms with Gasteiger partial charge in [-0.15, -0.1) is 16.4 Å². The third-order valence-electron chi connectivity index (χ3n) is 4.33. The van der Waals surface area contributed by atoms with Crippen LogP contribution in [0.15, 0.2) is 0 Å². The van der Waals surface area contributed by atoms with E-state index in [4.69, 9.17) is 24.4 Å². The van der Waals surface area contributed by atoms with E-state index in [-0.39, 0.29) is 6.17 Å². The molecule has 1 saturated heterocycles. The number of H-pyrrole nitrogens is 1. The highest BCUT2D eigenvalue weighted by Crippen LogP contribution is 2.46. The van der Waals surface area contributed by atoms with E-state index >= 15 is 0 Å². The summed E-state index contributed by atoms with van der Waals surface area (Å²) in [6.45, 7) is 0. The fourth-order valence-electron chi connectivity index (χ4n) is 3.44. The number of aromatic nitrogens is 3. The summed E-state index contributed by atoms with van der Waals surface area (Å²) in [7, 11) is 0. The lowest BCUT2D eigenvalue weighted by molar-refractivity contribution is 0.558. The van der Waals surface area contributed by atoms with Crippen LogP contribution in [0, 0.1) is 4.77 Å². The van der Waals surface area contributed by atoms with Crippen LogP contribution in [-0.4, -0.2) is 19.9 Å². The Bertz CT molecular complexity index is 831. The minimum atomic E-state index is 0.0169. The van der Waals surface area contributed by atoms with Crippen LogP contribution >= 0.6 is 35.8 Å². The lowest BCUT2D eigenvalue weighted by atomic mass is 9.94. The average Bonchev–Trinajstić information content (AvgIpc) is 3.14. The number of hydrogen-bond acceptors (Lipinski definition) is 5. The first kappa shape index (κ1) is 12.3. The Kier molecular flexibility index (Phi) is 2.41. The van der Waals surface area contributed by atoms with Gasteiger partial charge in [-0.25, -0.2) is 15.1 Å². The summed E-state index contributed by atoms with van der Waals surface area (Å²) in [5, 5.41) is 9.09. The van der Waals surface area contributed by atoms with Gasteiger partial charge in [-0.3, -0.25) is 10.3 Å². The number of nitrogens with one attached hydrogen (secondary N) is 3. The fourth-order valence-corrected chi connectivity index (χ4v) is 5.38. The van der Waals surface area contributed by atoms with Crippen LogP contribution in [0.2, 0.25) is 0 Å². The van der Waals surface area contributed by atoms with E-state index in [0.29, 0.717) is 9.88 Å². The third-order valence-corrected chi connectivity index (χ3v) is 6.20. The molecule has 2 aromatic heterocycles. The number of hydrogen-bond donors (Lipinski definition) is 3. The van der Waals surface area contributed by atoms with E-state index in [9.17, 15) is 0 Å². The third kappa shape index (κ3) is 1.47. The van der Waals surface area contributed by atoms with E-state index in [0.717, 1.165) is 18.8 Å². The number of rotatable bonds is 0. The second kappa shape index (κ2) is 4.13. The lowest BCUT2D eigenvalue weighted by Crippen LogP contribution is -2.35. The molecule has 2 aliphatic heterocycles. The number of thiophene rings is 1. The van der Waals surface area contributed by atoms with Crippen molar-refractivity contribution < 1.29 is 0 Å². The van der Waals surface area contributed by atoms with Crippen molar-refractivity contribution in [2.75, 3.05) is 4.90 Å². The molecule has 21 heavy (non-hydrogen) atoms. The predicted molar refractivity (Wildman–Crippen MR) is 87.4 cm³/mol. The molecular weight excluding hydrogens is 324 g/mol. The SMILES string of the molecule is S=C1NNC2c3c(sc4c3CCCC4)-n3c(n[nH]c3=S)N12. The standard InChI is InChI=1S/C12H12N6S3/c19-11-15-13-8-7-5-3-1-2-4-6(5)21-9(7)18-10(17(8)11)14-16-12(18)20/h8,13H,1-4H2,(H,15,19)(H,16,20). The highest BCUT2D eigenvalue weighted by molar-refractivity contribution is 7.80. The van der Waals surface area contributed by atoms with E-state index in [1.54, 1.807) is 0 Å². The van der Waals surface area contributed by atoms with E-state index < -0.39 is 0 Å². The van der Waals surface area contributed by atoms with Gasteiger partial charge < -0.3 is 0 Å². The zero-order valence-corrected chi connectivity index (χ0v) is 13.4. The maximum Gasteiger partial charge on any atom is 0.239 e. The summed E-state index contributed by atoms with van der Waals surface area (Å²) >= 11 is 12.7. The molecule has 0 radical (unpaired) electrons. The zero-order chi connectivity index (χ0) is 14.1. The summed E-state index contributed by atoms with van der Waals surface area (Å²) in [4.78, 5) is 3.49. The average molecular weight is 336 g/mol. The normalized spacial score (nSPS) is 22.4. The van der Waals surface area contributed by atoms with Crippen molar-refractivity contribution >= 4 is 46.8 Å². The van der Waals surface area contributed by atoms with E-state index in [1.807, 2.05) is 20.8 Å². The van der Waals surface area contributed by atoms with Gasteiger partial charge in [-0.1, -0.05) is 0 Å². The topological polar surface area (TPSA) is 60.9 Å². The maximum atomic E-state index is 5.43. The van der Waals surface area contributed by atoms with E-state index in [2.05, 4.69) is 21.0 Å². The number of hydrazine groups is 1. The Morgan fingerprint density at radius 3 is 3.00 bits per heavy atom. The van der Waals surface area contributed by atoms with Crippen molar-refractivity contribution in [2.45, 2.75) is 31.8 Å². The first-order valence-electron chi connectivity index (χ1n) is 6.92. The number of thiocarbonyl (C=S) groups is 1. The van der Waals surface area contributed by atoms with Crippen molar-refractivity contribution in [3.05, 3.63) is 20.8 Å². The van der Waals surface area contributed by atoms with Gasteiger partial charge >= 0.3 is 0 Å². The molecule has 108 valence electrons. The molecule has 6 nitrogen and oxygen atoms in total. The summed E-state index contributed by atoms with van der Waals surface area (Å²) < 4.78 is 2.64. The molecule has 3 N–H and O–H groups in total. The molecule has 2 aromatic rings. The van der Waals surface area contributed by atoms with Gasteiger partial charge in [0.05, 0.1) is 0 Å². The molecule has 0 bridgehead atoms. The molecule has 1 aliphatic carbocycles. The zero-order valence-electron chi connectivity index (χ0n) is 11.0. The molecule has 4 heterocycles. The Balaban J connectivity index is 1.86. The Morgan fingerprint density at radius 2 is 2.10 bits per heavy atom. The largest absolute Gasteiger partial charge is 0.295 e.